The predicted molar refractivity (Wildman–Crippen MR) is 62.5 cm³/mol. The Bertz CT molecular complexity index is 260. The molecule has 0 aliphatic rings. The van der Waals surface area contributed by atoms with Gasteiger partial charge in [0.2, 0.25) is 0 Å². The van der Waals surface area contributed by atoms with E-state index in [1.807, 2.05) is 31.1 Å². The molecule has 1 aromatic rings. The van der Waals surface area contributed by atoms with E-state index in [0.29, 0.717) is 5.92 Å². The largest absolute Gasteiger partial charge is 0.334 e. The van der Waals surface area contributed by atoms with Crippen molar-refractivity contribution in [1.29, 1.82) is 0 Å². The minimum absolute atomic E-state index is 0.629. The van der Waals surface area contributed by atoms with Crippen LogP contribution in [0, 0.1) is 12.8 Å². The topological polar surface area (TPSA) is 43.8 Å². The SMILES string of the molecule is Cc1nccn1CCSCC(C)CN. The maximum Gasteiger partial charge on any atom is 0.105 e. The van der Waals surface area contributed by atoms with E-state index in [2.05, 4.69) is 16.5 Å². The lowest BCUT2D eigenvalue weighted by Gasteiger charge is -2.08. The van der Waals surface area contributed by atoms with Crippen molar-refractivity contribution < 1.29 is 0 Å². The van der Waals surface area contributed by atoms with Gasteiger partial charge in [-0.25, -0.2) is 4.98 Å². The normalized spacial score (nSPS) is 13.1. The summed E-state index contributed by atoms with van der Waals surface area (Å²) in [5, 5.41) is 0. The molecule has 2 N–H and O–H groups in total. The van der Waals surface area contributed by atoms with Crippen LogP contribution in [0.1, 0.15) is 12.7 Å². The van der Waals surface area contributed by atoms with Crippen LogP contribution in [0.5, 0.6) is 0 Å². The van der Waals surface area contributed by atoms with Gasteiger partial charge in [0.05, 0.1) is 0 Å². The third kappa shape index (κ3) is 3.72. The fourth-order valence-electron chi connectivity index (χ4n) is 1.16. The van der Waals surface area contributed by atoms with Crippen LogP contribution in [0.3, 0.4) is 0 Å². The van der Waals surface area contributed by atoms with Gasteiger partial charge in [-0.3, -0.25) is 0 Å². The van der Waals surface area contributed by atoms with Gasteiger partial charge < -0.3 is 10.3 Å². The molecule has 0 bridgehead atoms. The second-order valence-electron chi connectivity index (χ2n) is 3.58. The van der Waals surface area contributed by atoms with Gasteiger partial charge in [0, 0.05) is 24.7 Å². The second kappa shape index (κ2) is 6.09. The quantitative estimate of drug-likeness (QED) is 0.729. The van der Waals surface area contributed by atoms with Crippen molar-refractivity contribution in [2.45, 2.75) is 20.4 Å². The average Bonchev–Trinajstić information content (AvgIpc) is 2.58. The van der Waals surface area contributed by atoms with Crippen molar-refractivity contribution in [1.82, 2.24) is 9.55 Å². The van der Waals surface area contributed by atoms with E-state index in [1.54, 1.807) is 0 Å². The molecule has 14 heavy (non-hydrogen) atoms. The molecule has 0 radical (unpaired) electrons. The van der Waals surface area contributed by atoms with E-state index in [1.165, 1.54) is 0 Å². The Balaban J connectivity index is 2.13. The summed E-state index contributed by atoms with van der Waals surface area (Å²) in [5.41, 5.74) is 5.54. The van der Waals surface area contributed by atoms with Crippen molar-refractivity contribution in [3.05, 3.63) is 18.2 Å². The van der Waals surface area contributed by atoms with E-state index in [-0.39, 0.29) is 0 Å². The zero-order chi connectivity index (χ0) is 10.4. The molecule has 0 fully saturated rings. The van der Waals surface area contributed by atoms with Crippen molar-refractivity contribution >= 4 is 11.8 Å². The Hall–Kier alpha value is -0.480. The lowest BCUT2D eigenvalue weighted by Crippen LogP contribution is -2.13. The highest BCUT2D eigenvalue weighted by atomic mass is 32.2. The van der Waals surface area contributed by atoms with Crippen LogP contribution in [0.2, 0.25) is 0 Å². The Morgan fingerprint density at radius 1 is 1.64 bits per heavy atom. The first-order valence-corrected chi connectivity index (χ1v) is 6.15. The van der Waals surface area contributed by atoms with Gasteiger partial charge in [-0.15, -0.1) is 0 Å². The highest BCUT2D eigenvalue weighted by Gasteiger charge is 2.00. The standard InChI is InChI=1S/C10H19N3S/c1-9(7-11)8-14-6-5-13-4-3-12-10(13)2/h3-4,9H,5-8,11H2,1-2H3. The van der Waals surface area contributed by atoms with Gasteiger partial charge in [-0.1, -0.05) is 6.92 Å². The summed E-state index contributed by atoms with van der Waals surface area (Å²) in [5.74, 6) is 4.02. The number of hydrogen-bond donors (Lipinski definition) is 1. The van der Waals surface area contributed by atoms with Crippen LogP contribution in [-0.4, -0.2) is 27.6 Å². The first kappa shape index (κ1) is 11.6. The minimum atomic E-state index is 0.629. The fourth-order valence-corrected chi connectivity index (χ4v) is 2.19. The van der Waals surface area contributed by atoms with E-state index in [9.17, 15) is 0 Å². The molecule has 1 unspecified atom stereocenters. The van der Waals surface area contributed by atoms with Gasteiger partial charge in [-0.05, 0) is 25.1 Å². The van der Waals surface area contributed by atoms with Crippen LogP contribution in [0.25, 0.3) is 0 Å². The number of hydrogen-bond acceptors (Lipinski definition) is 3. The second-order valence-corrected chi connectivity index (χ2v) is 4.73. The zero-order valence-electron chi connectivity index (χ0n) is 8.94. The summed E-state index contributed by atoms with van der Waals surface area (Å²) in [7, 11) is 0. The molecular formula is C10H19N3S. The van der Waals surface area contributed by atoms with E-state index >= 15 is 0 Å². The predicted octanol–water partition coefficient (Wildman–Crippen LogP) is 1.52. The molecule has 0 aliphatic heterocycles. The van der Waals surface area contributed by atoms with Gasteiger partial charge in [-0.2, -0.15) is 11.8 Å². The molecule has 3 nitrogen and oxygen atoms in total. The third-order valence-electron chi connectivity index (χ3n) is 2.20. The molecule has 0 saturated heterocycles. The van der Waals surface area contributed by atoms with Crippen molar-refractivity contribution in [3.63, 3.8) is 0 Å². The zero-order valence-corrected chi connectivity index (χ0v) is 9.76. The summed E-state index contributed by atoms with van der Waals surface area (Å²) in [6.45, 7) is 6.06. The van der Waals surface area contributed by atoms with Gasteiger partial charge >= 0.3 is 0 Å². The van der Waals surface area contributed by atoms with Crippen LogP contribution >= 0.6 is 11.8 Å². The average molecular weight is 213 g/mol. The lowest BCUT2D eigenvalue weighted by molar-refractivity contribution is 0.673. The number of imidazole rings is 1. The maximum absolute atomic E-state index is 5.54. The highest BCUT2D eigenvalue weighted by molar-refractivity contribution is 7.99. The Morgan fingerprint density at radius 2 is 2.43 bits per heavy atom. The first-order chi connectivity index (χ1) is 6.74. The number of thioether (sulfide) groups is 1. The van der Waals surface area contributed by atoms with E-state index in [4.69, 9.17) is 5.73 Å². The number of nitrogens with zero attached hydrogens (tertiary/aromatic N) is 2. The number of rotatable bonds is 6. The molecule has 0 saturated carbocycles. The molecule has 80 valence electrons. The highest BCUT2D eigenvalue weighted by Crippen LogP contribution is 2.08. The summed E-state index contributed by atoms with van der Waals surface area (Å²) >= 11 is 1.96. The molecule has 0 aliphatic carbocycles. The van der Waals surface area contributed by atoms with Crippen LogP contribution in [0.4, 0.5) is 0 Å². The molecule has 1 rings (SSSR count). The number of aryl methyl sites for hydroxylation is 2. The number of aromatic nitrogens is 2. The summed E-state index contributed by atoms with van der Waals surface area (Å²) in [6, 6.07) is 0. The van der Waals surface area contributed by atoms with Crippen LogP contribution in [-0.2, 0) is 6.54 Å². The summed E-state index contributed by atoms with van der Waals surface area (Å²) in [4.78, 5) is 4.18. The van der Waals surface area contributed by atoms with Gasteiger partial charge in [0.15, 0.2) is 0 Å². The molecule has 4 heteroatoms. The molecule has 0 amide bonds. The molecule has 1 heterocycles. The molecule has 1 aromatic heterocycles. The fraction of sp³-hybridized carbons (Fsp3) is 0.700. The summed E-state index contributed by atoms with van der Waals surface area (Å²) < 4.78 is 2.18. The monoisotopic (exact) mass is 213 g/mol. The smallest absolute Gasteiger partial charge is 0.105 e. The van der Waals surface area contributed by atoms with E-state index in [0.717, 1.165) is 30.4 Å². The van der Waals surface area contributed by atoms with Crippen LogP contribution in [0.15, 0.2) is 12.4 Å². The Labute approximate surface area is 90.1 Å². The van der Waals surface area contributed by atoms with Crippen molar-refractivity contribution in [3.8, 4) is 0 Å². The molecular weight excluding hydrogens is 194 g/mol. The Kier molecular flexibility index (Phi) is 5.04. The van der Waals surface area contributed by atoms with Gasteiger partial charge in [0.1, 0.15) is 5.82 Å². The maximum atomic E-state index is 5.54. The number of nitrogens with two attached hydrogens (primary N) is 1. The van der Waals surface area contributed by atoms with Crippen molar-refractivity contribution in [2.75, 3.05) is 18.1 Å². The minimum Gasteiger partial charge on any atom is -0.334 e. The third-order valence-corrected chi connectivity index (χ3v) is 3.48. The van der Waals surface area contributed by atoms with E-state index < -0.39 is 0 Å². The summed E-state index contributed by atoms with van der Waals surface area (Å²) in [6.07, 6.45) is 3.88. The Morgan fingerprint density at radius 3 is 3.00 bits per heavy atom. The lowest BCUT2D eigenvalue weighted by atomic mass is 10.2. The molecule has 1 atom stereocenters. The van der Waals surface area contributed by atoms with Crippen molar-refractivity contribution in [2.24, 2.45) is 11.7 Å². The first-order valence-electron chi connectivity index (χ1n) is 4.99. The van der Waals surface area contributed by atoms with Crippen LogP contribution < -0.4 is 5.73 Å². The molecule has 0 aromatic carbocycles. The molecule has 0 spiro atoms. The van der Waals surface area contributed by atoms with Gasteiger partial charge in [0.25, 0.3) is 0 Å².